The number of aryl methyl sites for hydroxylation is 1. The van der Waals surface area contributed by atoms with Crippen molar-refractivity contribution in [1.29, 1.82) is 0 Å². The average molecular weight is 446 g/mol. The number of hydrogen-bond donors (Lipinski definition) is 3. The third-order valence-electron chi connectivity index (χ3n) is 5.23. The Morgan fingerprint density at radius 1 is 1.26 bits per heavy atom. The fourth-order valence-corrected chi connectivity index (χ4v) is 4.34. The first-order valence-corrected chi connectivity index (χ1v) is 10.9. The van der Waals surface area contributed by atoms with Crippen LogP contribution >= 0.6 is 11.3 Å². The van der Waals surface area contributed by atoms with Crippen LogP contribution in [0.5, 0.6) is 0 Å². The van der Waals surface area contributed by atoms with Gasteiger partial charge < -0.3 is 20.0 Å². The lowest BCUT2D eigenvalue weighted by Crippen LogP contribution is -2.50. The molecular weight excluding hydrogens is 421 g/mol. The molecule has 0 spiro atoms. The van der Waals surface area contributed by atoms with Gasteiger partial charge >= 0.3 is 6.03 Å². The number of pyridine rings is 1. The normalized spacial score (nSPS) is 15.3. The number of fused-ring (bicyclic) bond motifs is 1. The molecule has 1 atom stereocenters. The van der Waals surface area contributed by atoms with Crippen LogP contribution in [0.15, 0.2) is 36.5 Å². The molecule has 1 fully saturated rings. The van der Waals surface area contributed by atoms with Gasteiger partial charge in [-0.25, -0.2) is 19.2 Å². The quantitative estimate of drug-likeness (QED) is 0.539. The van der Waals surface area contributed by atoms with Gasteiger partial charge in [-0.3, -0.25) is 5.32 Å². The fourth-order valence-electron chi connectivity index (χ4n) is 3.48. The second-order valence-corrected chi connectivity index (χ2v) is 8.45. The summed E-state index contributed by atoms with van der Waals surface area (Å²) in [5.41, 5.74) is 1.52. The highest BCUT2D eigenvalue weighted by atomic mass is 32.1. The summed E-state index contributed by atoms with van der Waals surface area (Å²) < 4.78 is 15.6. The molecule has 0 radical (unpaired) electrons. The number of carbonyl (C=O) groups excluding carboxylic acids is 1. The monoisotopic (exact) mass is 445 g/mol. The molecule has 1 aliphatic rings. The smallest absolute Gasteiger partial charge is 0.323 e. The van der Waals surface area contributed by atoms with Gasteiger partial charge in [0, 0.05) is 32.4 Å². The van der Waals surface area contributed by atoms with Crippen molar-refractivity contribution < 1.29 is 19.4 Å². The van der Waals surface area contributed by atoms with Gasteiger partial charge in [-0.15, -0.1) is 0 Å². The Kier molecular flexibility index (Phi) is 6.59. The lowest BCUT2D eigenvalue weighted by Gasteiger charge is -2.35. The van der Waals surface area contributed by atoms with E-state index in [0.29, 0.717) is 49.7 Å². The summed E-state index contributed by atoms with van der Waals surface area (Å²) in [4.78, 5) is 24.8. The number of benzene rings is 1. The van der Waals surface area contributed by atoms with E-state index in [4.69, 9.17) is 5.11 Å². The SMILES string of the molecule is O=C(Nc1nc2ccccc2s1)N1CCN(c2ncc(CC[C@H](O)CO)cc2F)CC1. The molecular formula is C21H24FN5O3S. The number of amides is 2. The van der Waals surface area contributed by atoms with Crippen molar-refractivity contribution in [2.45, 2.75) is 18.9 Å². The molecule has 4 rings (SSSR count). The second kappa shape index (κ2) is 9.54. The largest absolute Gasteiger partial charge is 0.394 e. The average Bonchev–Trinajstić information content (AvgIpc) is 3.20. The van der Waals surface area contributed by atoms with Crippen molar-refractivity contribution in [3.8, 4) is 0 Å². The number of anilines is 2. The molecule has 3 aromatic rings. The molecule has 10 heteroatoms. The van der Waals surface area contributed by atoms with E-state index in [9.17, 15) is 14.3 Å². The van der Waals surface area contributed by atoms with Crippen molar-refractivity contribution >= 4 is 38.5 Å². The van der Waals surface area contributed by atoms with Gasteiger partial charge in [-0.2, -0.15) is 0 Å². The number of urea groups is 1. The molecule has 3 N–H and O–H groups in total. The molecule has 0 unspecified atom stereocenters. The zero-order valence-corrected chi connectivity index (χ0v) is 17.7. The Bertz CT molecular complexity index is 1020. The Balaban J connectivity index is 1.32. The maximum atomic E-state index is 14.6. The van der Waals surface area contributed by atoms with Crippen LogP contribution in [0.25, 0.3) is 10.2 Å². The predicted octanol–water partition coefficient (Wildman–Crippen LogP) is 2.47. The van der Waals surface area contributed by atoms with E-state index >= 15 is 0 Å². The number of rotatable bonds is 6. The highest BCUT2D eigenvalue weighted by molar-refractivity contribution is 7.22. The van der Waals surface area contributed by atoms with Gasteiger partial charge in [0.2, 0.25) is 0 Å². The lowest BCUT2D eigenvalue weighted by atomic mass is 10.1. The van der Waals surface area contributed by atoms with E-state index in [1.165, 1.54) is 17.4 Å². The van der Waals surface area contributed by atoms with Gasteiger partial charge in [0.25, 0.3) is 0 Å². The van der Waals surface area contributed by atoms with Crippen molar-refractivity contribution in [1.82, 2.24) is 14.9 Å². The van der Waals surface area contributed by atoms with E-state index in [-0.39, 0.29) is 18.5 Å². The third-order valence-corrected chi connectivity index (χ3v) is 6.18. The number of para-hydroxylation sites is 1. The Labute approximate surface area is 183 Å². The first-order chi connectivity index (χ1) is 15.0. The van der Waals surface area contributed by atoms with Crippen LogP contribution in [0, 0.1) is 5.82 Å². The number of piperazine rings is 1. The zero-order valence-electron chi connectivity index (χ0n) is 16.9. The van der Waals surface area contributed by atoms with Crippen LogP contribution < -0.4 is 10.2 Å². The summed E-state index contributed by atoms with van der Waals surface area (Å²) in [6.45, 7) is 1.52. The van der Waals surface area contributed by atoms with Crippen molar-refractivity contribution in [3.05, 3.63) is 47.9 Å². The van der Waals surface area contributed by atoms with Crippen molar-refractivity contribution in [2.24, 2.45) is 0 Å². The molecule has 0 aliphatic carbocycles. The minimum absolute atomic E-state index is 0.218. The lowest BCUT2D eigenvalue weighted by molar-refractivity contribution is 0.0885. The summed E-state index contributed by atoms with van der Waals surface area (Å²) in [7, 11) is 0. The number of thiazole rings is 1. The van der Waals surface area contributed by atoms with Crippen molar-refractivity contribution in [3.63, 3.8) is 0 Å². The summed E-state index contributed by atoms with van der Waals surface area (Å²) in [5.74, 6) is -0.166. The molecule has 8 nitrogen and oxygen atoms in total. The van der Waals surface area contributed by atoms with E-state index in [0.717, 1.165) is 10.2 Å². The minimum atomic E-state index is -0.815. The van der Waals surface area contributed by atoms with Gasteiger partial charge in [-0.1, -0.05) is 23.5 Å². The third kappa shape index (κ3) is 5.09. The summed E-state index contributed by atoms with van der Waals surface area (Å²) >= 11 is 1.43. The number of nitrogens with one attached hydrogen (secondary N) is 1. The maximum absolute atomic E-state index is 14.6. The maximum Gasteiger partial charge on any atom is 0.323 e. The van der Waals surface area contributed by atoms with Crippen LogP contribution in [0.1, 0.15) is 12.0 Å². The van der Waals surface area contributed by atoms with Crippen LogP contribution in [-0.4, -0.2) is 70.0 Å². The molecule has 31 heavy (non-hydrogen) atoms. The van der Waals surface area contributed by atoms with Crippen LogP contribution in [0.2, 0.25) is 0 Å². The van der Waals surface area contributed by atoms with Crippen molar-refractivity contribution in [2.75, 3.05) is 43.0 Å². The first kappa shape index (κ1) is 21.4. The predicted molar refractivity (Wildman–Crippen MR) is 118 cm³/mol. The van der Waals surface area contributed by atoms with E-state index in [2.05, 4.69) is 15.3 Å². The summed E-state index contributed by atoms with van der Waals surface area (Å²) in [5, 5.41) is 21.7. The topological polar surface area (TPSA) is 102 Å². The number of aliphatic hydroxyl groups excluding tert-OH is 2. The zero-order chi connectivity index (χ0) is 21.8. The Hall–Kier alpha value is -2.82. The fraction of sp³-hybridized carbons (Fsp3) is 0.381. The minimum Gasteiger partial charge on any atom is -0.394 e. The highest BCUT2D eigenvalue weighted by Gasteiger charge is 2.24. The molecule has 1 saturated heterocycles. The Morgan fingerprint density at radius 3 is 2.74 bits per heavy atom. The number of aromatic nitrogens is 2. The number of hydrogen-bond acceptors (Lipinski definition) is 7. The van der Waals surface area contributed by atoms with E-state index in [1.807, 2.05) is 29.2 Å². The second-order valence-electron chi connectivity index (χ2n) is 7.42. The highest BCUT2D eigenvalue weighted by Crippen LogP contribution is 2.26. The van der Waals surface area contributed by atoms with Crippen LogP contribution in [0.3, 0.4) is 0 Å². The number of carbonyl (C=O) groups is 1. The molecule has 1 aromatic carbocycles. The first-order valence-electron chi connectivity index (χ1n) is 10.1. The van der Waals surface area contributed by atoms with Gasteiger partial charge in [0.1, 0.15) is 0 Å². The van der Waals surface area contributed by atoms with Gasteiger partial charge in [0.05, 0.1) is 22.9 Å². The molecule has 2 amide bonds. The standard InChI is InChI=1S/C21H24FN5O3S/c22-16-11-14(5-6-15(29)13-28)12-23-19(16)26-7-9-27(10-8-26)21(30)25-20-24-17-3-1-2-4-18(17)31-20/h1-4,11-12,15,28-29H,5-10,13H2,(H,24,25,30)/t15-/m0/s1. The molecule has 2 aromatic heterocycles. The summed E-state index contributed by atoms with van der Waals surface area (Å²) in [6, 6.07) is 8.91. The van der Waals surface area contributed by atoms with Crippen LogP contribution in [0.4, 0.5) is 20.1 Å². The molecule has 164 valence electrons. The molecule has 0 bridgehead atoms. The summed E-state index contributed by atoms with van der Waals surface area (Å²) in [6.07, 6.45) is 1.56. The Morgan fingerprint density at radius 2 is 2.03 bits per heavy atom. The molecule has 0 saturated carbocycles. The van der Waals surface area contributed by atoms with Gasteiger partial charge in [-0.05, 0) is 36.6 Å². The molecule has 3 heterocycles. The van der Waals surface area contributed by atoms with E-state index in [1.54, 1.807) is 11.1 Å². The molecule has 1 aliphatic heterocycles. The van der Waals surface area contributed by atoms with Gasteiger partial charge in [0.15, 0.2) is 16.8 Å². The number of halogens is 1. The number of nitrogens with zero attached hydrogens (tertiary/aromatic N) is 4. The number of aliphatic hydroxyl groups is 2. The van der Waals surface area contributed by atoms with Crippen LogP contribution in [-0.2, 0) is 6.42 Å². The van der Waals surface area contributed by atoms with E-state index < -0.39 is 11.9 Å².